The summed E-state index contributed by atoms with van der Waals surface area (Å²) in [6.07, 6.45) is 3.27. The average molecular weight is 322 g/mol. The van der Waals surface area contributed by atoms with Gasteiger partial charge in [0.25, 0.3) is 5.91 Å². The van der Waals surface area contributed by atoms with Crippen molar-refractivity contribution in [3.8, 4) is 0 Å². The third kappa shape index (κ3) is 4.40. The minimum absolute atomic E-state index is 0.147. The van der Waals surface area contributed by atoms with Crippen molar-refractivity contribution in [2.24, 2.45) is 0 Å². The maximum Gasteiger partial charge on any atom is 0.303 e. The quantitative estimate of drug-likeness (QED) is 0.848. The third-order valence-electron chi connectivity index (χ3n) is 2.97. The van der Waals surface area contributed by atoms with Crippen molar-refractivity contribution < 1.29 is 13.2 Å². The smallest absolute Gasteiger partial charge is 0.272 e. The molecule has 8 heteroatoms. The molecular weight excluding hydrogens is 304 g/mol. The molecule has 0 saturated heterocycles. The summed E-state index contributed by atoms with van der Waals surface area (Å²) in [4.78, 5) is 11.8. The van der Waals surface area contributed by atoms with Gasteiger partial charge in [-0.3, -0.25) is 9.48 Å². The molecule has 0 unspecified atom stereocenters. The molecule has 1 aromatic heterocycles. The fourth-order valence-electron chi connectivity index (χ4n) is 1.88. The minimum Gasteiger partial charge on any atom is -0.272 e. The highest BCUT2D eigenvalue weighted by Crippen LogP contribution is 2.05. The molecule has 0 saturated carbocycles. The number of hydrogen-bond acceptors (Lipinski definition) is 4. The summed E-state index contributed by atoms with van der Waals surface area (Å²) in [5.41, 5.74) is 1.74. The lowest BCUT2D eigenvalue weighted by molar-refractivity contribution is -0.120. The number of amides is 1. The van der Waals surface area contributed by atoms with Gasteiger partial charge in [-0.05, 0) is 18.1 Å². The molecule has 118 valence electrons. The zero-order valence-corrected chi connectivity index (χ0v) is 13.2. The van der Waals surface area contributed by atoms with Crippen LogP contribution in [-0.4, -0.2) is 35.5 Å². The second kappa shape index (κ2) is 6.71. The van der Waals surface area contributed by atoms with E-state index >= 15 is 0 Å². The van der Waals surface area contributed by atoms with Crippen molar-refractivity contribution in [3.05, 3.63) is 53.9 Å². The van der Waals surface area contributed by atoms with Gasteiger partial charge in [0.05, 0.1) is 6.20 Å². The van der Waals surface area contributed by atoms with E-state index < -0.39 is 16.1 Å². The van der Waals surface area contributed by atoms with E-state index in [-0.39, 0.29) is 13.1 Å². The van der Waals surface area contributed by atoms with Gasteiger partial charge in [-0.25, -0.2) is 4.72 Å². The second-order valence-electron chi connectivity index (χ2n) is 4.99. The number of aryl methyl sites for hydroxylation is 1. The van der Waals surface area contributed by atoms with E-state index in [0.717, 1.165) is 15.4 Å². The van der Waals surface area contributed by atoms with Crippen LogP contribution in [0.1, 0.15) is 11.1 Å². The van der Waals surface area contributed by atoms with Gasteiger partial charge < -0.3 is 0 Å². The van der Waals surface area contributed by atoms with E-state index in [1.54, 1.807) is 12.4 Å². The standard InChI is InChI=1S/C14H18N4O3S/c1-12-8-15-18(9-12)11-14(19)16-22(20,21)17(2)10-13-6-4-3-5-7-13/h3-9H,10-11H2,1-2H3,(H,16,19). The summed E-state index contributed by atoms with van der Waals surface area (Å²) in [6.45, 7) is 1.88. The molecule has 1 amide bonds. The highest BCUT2D eigenvalue weighted by Gasteiger charge is 2.20. The number of rotatable bonds is 6. The molecule has 0 aliphatic heterocycles. The summed E-state index contributed by atoms with van der Waals surface area (Å²) >= 11 is 0. The van der Waals surface area contributed by atoms with Gasteiger partial charge in [0.1, 0.15) is 6.54 Å². The van der Waals surface area contributed by atoms with E-state index in [1.165, 1.54) is 11.7 Å². The van der Waals surface area contributed by atoms with Gasteiger partial charge in [-0.2, -0.15) is 17.8 Å². The van der Waals surface area contributed by atoms with Crippen molar-refractivity contribution in [1.29, 1.82) is 0 Å². The SMILES string of the molecule is Cc1cnn(CC(=O)NS(=O)(=O)N(C)Cc2ccccc2)c1. The lowest BCUT2D eigenvalue weighted by atomic mass is 10.2. The van der Waals surface area contributed by atoms with Crippen LogP contribution in [0, 0.1) is 6.92 Å². The van der Waals surface area contributed by atoms with E-state index in [4.69, 9.17) is 0 Å². The maximum atomic E-state index is 12.1. The number of carbonyl (C=O) groups is 1. The predicted molar refractivity (Wildman–Crippen MR) is 81.9 cm³/mol. The lowest BCUT2D eigenvalue weighted by Crippen LogP contribution is -2.42. The van der Waals surface area contributed by atoms with Crippen LogP contribution in [0.3, 0.4) is 0 Å². The van der Waals surface area contributed by atoms with Crippen LogP contribution in [0.15, 0.2) is 42.7 Å². The second-order valence-corrected chi connectivity index (χ2v) is 6.76. The first-order valence-corrected chi connectivity index (χ1v) is 8.11. The maximum absolute atomic E-state index is 12.1. The lowest BCUT2D eigenvalue weighted by Gasteiger charge is -2.17. The zero-order chi connectivity index (χ0) is 16.2. The highest BCUT2D eigenvalue weighted by atomic mass is 32.2. The Bertz CT molecular complexity index is 740. The summed E-state index contributed by atoms with van der Waals surface area (Å²) in [6, 6.07) is 9.15. The van der Waals surface area contributed by atoms with Gasteiger partial charge in [0, 0.05) is 19.8 Å². The fourth-order valence-corrected chi connectivity index (χ4v) is 2.71. The summed E-state index contributed by atoms with van der Waals surface area (Å²) in [5, 5.41) is 3.95. The number of hydrogen-bond donors (Lipinski definition) is 1. The minimum atomic E-state index is -3.88. The van der Waals surface area contributed by atoms with E-state index in [0.29, 0.717) is 0 Å². The van der Waals surface area contributed by atoms with E-state index in [2.05, 4.69) is 5.10 Å². The molecule has 0 bridgehead atoms. The van der Waals surface area contributed by atoms with Crippen molar-refractivity contribution in [2.75, 3.05) is 7.05 Å². The molecule has 0 atom stereocenters. The first kappa shape index (κ1) is 16.2. The normalized spacial score (nSPS) is 11.6. The molecular formula is C14H18N4O3S. The van der Waals surface area contributed by atoms with Crippen LogP contribution in [0.4, 0.5) is 0 Å². The van der Waals surface area contributed by atoms with Gasteiger partial charge in [0.15, 0.2) is 0 Å². The Balaban J connectivity index is 1.96. The molecule has 1 aromatic carbocycles. The molecule has 0 aliphatic carbocycles. The Labute approximate surface area is 129 Å². The van der Waals surface area contributed by atoms with Crippen LogP contribution < -0.4 is 4.72 Å². The fraction of sp³-hybridized carbons (Fsp3) is 0.286. The first-order valence-electron chi connectivity index (χ1n) is 6.67. The van der Waals surface area contributed by atoms with Crippen LogP contribution in [0.5, 0.6) is 0 Å². The topological polar surface area (TPSA) is 84.3 Å². The monoisotopic (exact) mass is 322 g/mol. The average Bonchev–Trinajstić information content (AvgIpc) is 2.84. The summed E-state index contributed by atoms with van der Waals surface area (Å²) in [5.74, 6) is -0.636. The third-order valence-corrected chi connectivity index (χ3v) is 4.40. The number of benzene rings is 1. The Morgan fingerprint density at radius 3 is 2.59 bits per heavy atom. The van der Waals surface area contributed by atoms with Crippen molar-refractivity contribution >= 4 is 16.1 Å². The first-order chi connectivity index (χ1) is 10.4. The summed E-state index contributed by atoms with van der Waals surface area (Å²) in [7, 11) is -2.46. The van der Waals surface area contributed by atoms with Gasteiger partial charge in [0.2, 0.25) is 0 Å². The van der Waals surface area contributed by atoms with Crippen molar-refractivity contribution in [2.45, 2.75) is 20.0 Å². The number of carbonyl (C=O) groups excluding carboxylic acids is 1. The Morgan fingerprint density at radius 1 is 1.32 bits per heavy atom. The largest absolute Gasteiger partial charge is 0.303 e. The van der Waals surface area contributed by atoms with Gasteiger partial charge in [-0.1, -0.05) is 30.3 Å². The van der Waals surface area contributed by atoms with Gasteiger partial charge in [-0.15, -0.1) is 0 Å². The number of nitrogens with one attached hydrogen (secondary N) is 1. The Kier molecular flexibility index (Phi) is 4.94. The number of aromatic nitrogens is 2. The van der Waals surface area contributed by atoms with E-state index in [9.17, 15) is 13.2 Å². The molecule has 22 heavy (non-hydrogen) atoms. The molecule has 1 heterocycles. The molecule has 0 aliphatic rings. The van der Waals surface area contributed by atoms with Crippen LogP contribution in [0.2, 0.25) is 0 Å². The summed E-state index contributed by atoms with van der Waals surface area (Å²) < 4.78 is 28.7. The molecule has 0 fully saturated rings. The molecule has 0 radical (unpaired) electrons. The van der Waals surface area contributed by atoms with Crippen molar-refractivity contribution in [1.82, 2.24) is 18.8 Å². The molecule has 1 N–H and O–H groups in total. The van der Waals surface area contributed by atoms with E-state index in [1.807, 2.05) is 42.0 Å². The van der Waals surface area contributed by atoms with Crippen molar-refractivity contribution in [3.63, 3.8) is 0 Å². The molecule has 0 spiro atoms. The van der Waals surface area contributed by atoms with Crippen LogP contribution in [0.25, 0.3) is 0 Å². The number of nitrogens with zero attached hydrogens (tertiary/aromatic N) is 3. The molecule has 2 rings (SSSR count). The van der Waals surface area contributed by atoms with Gasteiger partial charge >= 0.3 is 10.2 Å². The van der Waals surface area contributed by atoms with Crippen LogP contribution >= 0.6 is 0 Å². The Hall–Kier alpha value is -2.19. The predicted octanol–water partition coefficient (Wildman–Crippen LogP) is 0.685. The van der Waals surface area contributed by atoms with Crippen LogP contribution in [-0.2, 0) is 28.1 Å². The highest BCUT2D eigenvalue weighted by molar-refractivity contribution is 7.87. The Morgan fingerprint density at radius 2 is 2.00 bits per heavy atom. The zero-order valence-electron chi connectivity index (χ0n) is 12.4. The molecule has 7 nitrogen and oxygen atoms in total. The molecule has 2 aromatic rings.